The Labute approximate surface area is 575 Å². The number of hydrogen-bond donors (Lipinski definition) is 18. The summed E-state index contributed by atoms with van der Waals surface area (Å²) < 4.78 is 4.53. The lowest BCUT2D eigenvalue weighted by Gasteiger charge is -2.23. The van der Waals surface area contributed by atoms with Crippen LogP contribution in [0.2, 0.25) is 0 Å². The first-order valence-corrected chi connectivity index (χ1v) is 28.2. The molecule has 8 amide bonds. The number of ether oxygens (including phenoxy) is 1. The van der Waals surface area contributed by atoms with Crippen molar-refractivity contribution in [3.63, 3.8) is 0 Å². The molecule has 2 aliphatic heterocycles. The average molecular weight is 1380 g/mol. The van der Waals surface area contributed by atoms with Gasteiger partial charge < -0.3 is 101 Å². The fourth-order valence-electron chi connectivity index (χ4n) is 7.51. The lowest BCUT2D eigenvalue weighted by atomic mass is 10.1. The summed E-state index contributed by atoms with van der Waals surface area (Å²) in [5.41, 5.74) is 17.8. The van der Waals surface area contributed by atoms with Crippen LogP contribution in [0.25, 0.3) is 0 Å². The second-order valence-electron chi connectivity index (χ2n) is 19.4. The summed E-state index contributed by atoms with van der Waals surface area (Å²) >= 11 is 0. The molecule has 0 aromatic carbocycles. The van der Waals surface area contributed by atoms with E-state index in [0.717, 1.165) is 0 Å². The maximum absolute atomic E-state index is 12.4. The van der Waals surface area contributed by atoms with Crippen molar-refractivity contribution in [1.29, 1.82) is 0 Å². The Hall–Kier alpha value is -12.6. The maximum atomic E-state index is 12.4. The van der Waals surface area contributed by atoms with E-state index in [9.17, 15) is 72.4 Å². The highest BCUT2D eigenvalue weighted by Crippen LogP contribution is 2.27. The minimum Gasteiger partial charge on any atom is -0.480 e. The number of esters is 1. The van der Waals surface area contributed by atoms with Crippen molar-refractivity contribution in [3.05, 3.63) is 102 Å². The highest BCUT2D eigenvalue weighted by atomic mass is 16.6. The van der Waals surface area contributed by atoms with Crippen LogP contribution in [0.5, 0.6) is 0 Å². The van der Waals surface area contributed by atoms with Crippen molar-refractivity contribution in [2.75, 3.05) is 101 Å². The SMILES string of the molecule is [B]C(=O)N[C@@H](CN)C(=O)O.[B]C(=O)N[C@@H](CNc1ncccc1N)C(=O)O.[B]C(=O)N[C@@H](CNc1ncccc1N)C(=O)OC.[B]C(=O)N[C@@H](CNc1ncccc1[N+](=O)[O-])C(=O)O.[B]C(=O)N[C@H]1CNc2ncccc2N(CC(C)=O)C1=O.[B]C(=O)N[C@H]1CNc2ncccc2NC1=O. The number of fused-ring (bicyclic) bond motifs is 2. The molecule has 0 aliphatic carbocycles. The number of nitrogens with zero attached hydrogens (tertiary/aromatic N) is 7. The van der Waals surface area contributed by atoms with E-state index in [1.165, 1.54) is 43.5 Å². The van der Waals surface area contributed by atoms with Gasteiger partial charge in [0.25, 0.3) is 5.91 Å². The molecule has 0 saturated carbocycles. The normalized spacial score (nSPS) is 13.9. The second-order valence-corrected chi connectivity index (χ2v) is 19.4. The average Bonchev–Trinajstić information content (AvgIpc) is 1.63. The van der Waals surface area contributed by atoms with Crippen LogP contribution in [0.1, 0.15) is 6.92 Å². The lowest BCUT2D eigenvalue weighted by molar-refractivity contribution is -0.384. The van der Waals surface area contributed by atoms with Gasteiger partial charge in [-0.05, 0) is 61.5 Å². The van der Waals surface area contributed by atoms with Crippen LogP contribution in [0.15, 0.2) is 91.6 Å². The largest absolute Gasteiger partial charge is 0.480 e. The molecule has 21 N–H and O–H groups in total. The van der Waals surface area contributed by atoms with Gasteiger partial charge in [0.1, 0.15) is 65.3 Å². The molecule has 41 nitrogen and oxygen atoms in total. The third-order valence-corrected chi connectivity index (χ3v) is 11.9. The minimum absolute atomic E-state index is 0.0663. The fraction of sp³-hybridized carbons (Fsp3) is 0.283. The summed E-state index contributed by atoms with van der Waals surface area (Å²) in [6.07, 6.45) is 7.56. The van der Waals surface area contributed by atoms with E-state index in [-0.39, 0.29) is 69.0 Å². The number of nitrogens with one attached hydrogen (secondary N) is 12. The molecule has 0 saturated heterocycles. The molecule has 5 aromatic rings. The summed E-state index contributed by atoms with van der Waals surface area (Å²) in [6.45, 7) is 1.23. The van der Waals surface area contributed by atoms with E-state index in [1.54, 1.807) is 67.1 Å². The molecule has 12 radical (unpaired) electrons. The van der Waals surface area contributed by atoms with Crippen LogP contribution < -0.4 is 85.9 Å². The van der Waals surface area contributed by atoms with Crippen LogP contribution in [0.4, 0.5) is 86.3 Å². The zero-order valence-electron chi connectivity index (χ0n) is 52.8. The van der Waals surface area contributed by atoms with E-state index >= 15 is 0 Å². The smallest absolute Gasteiger partial charge is 0.330 e. The van der Waals surface area contributed by atoms with E-state index in [0.29, 0.717) is 46.0 Å². The molecule has 0 spiro atoms. The minimum atomic E-state index is -1.33. The van der Waals surface area contributed by atoms with Gasteiger partial charge in [-0.1, -0.05) is 0 Å². The van der Waals surface area contributed by atoms with E-state index < -0.39 is 106 Å². The number of carboxylic acids is 3. The highest BCUT2D eigenvalue weighted by Gasteiger charge is 2.32. The van der Waals surface area contributed by atoms with E-state index in [4.69, 9.17) is 71.8 Å². The Balaban J connectivity index is 0.000000412. The number of aliphatic carboxylic acids is 3. The number of nitrogens with two attached hydrogens (primary N) is 3. The van der Waals surface area contributed by atoms with Gasteiger partial charge in [0.15, 0.2) is 34.8 Å². The molecule has 0 unspecified atom stereocenters. The molecule has 6 atom stereocenters. The molecule has 516 valence electrons. The molecule has 0 fully saturated rings. The summed E-state index contributed by atoms with van der Waals surface area (Å²) in [6, 6.07) is 9.97. The molecule has 47 heteroatoms. The number of pyridine rings is 5. The van der Waals surface area contributed by atoms with Crippen molar-refractivity contribution in [1.82, 2.24) is 56.8 Å². The van der Waals surface area contributed by atoms with Crippen molar-refractivity contribution in [3.8, 4) is 0 Å². The van der Waals surface area contributed by atoms with Crippen LogP contribution >= 0.6 is 0 Å². The van der Waals surface area contributed by atoms with Gasteiger partial charge in [0.05, 0.1) is 41.3 Å². The number of nitrogen functional groups attached to an aromatic ring is 2. The number of carboxylic acid groups (broad SMARTS) is 3. The van der Waals surface area contributed by atoms with Crippen molar-refractivity contribution < 1.29 is 87.3 Å². The Kier molecular flexibility index (Phi) is 36.3. The van der Waals surface area contributed by atoms with Crippen LogP contribution in [-0.2, 0) is 38.3 Å². The third kappa shape index (κ3) is 31.3. The molecule has 5 aromatic heterocycles. The second kappa shape index (κ2) is 43.5. The Bertz CT molecular complexity index is 3710. The topological polar surface area (TPSA) is 625 Å². The zero-order chi connectivity index (χ0) is 75.2. The molecule has 0 bridgehead atoms. The van der Waals surface area contributed by atoms with Gasteiger partial charge in [0.2, 0.25) is 58.8 Å². The number of methoxy groups -OCH3 is 1. The highest BCUT2D eigenvalue weighted by molar-refractivity contribution is 6.58. The predicted octanol–water partition coefficient (Wildman–Crippen LogP) is -3.72. The number of hydrogen-bond acceptors (Lipinski definition) is 29. The van der Waals surface area contributed by atoms with Crippen LogP contribution in [0.3, 0.4) is 0 Å². The molecule has 100 heavy (non-hydrogen) atoms. The molecular weight excluding hydrogens is 1310 g/mol. The fourth-order valence-corrected chi connectivity index (χ4v) is 7.51. The Morgan fingerprint density at radius 1 is 0.590 bits per heavy atom. The van der Waals surface area contributed by atoms with E-state index in [2.05, 4.69) is 90.7 Å². The number of ketones is 1. The van der Waals surface area contributed by atoms with Crippen LogP contribution in [0, 0.1) is 10.1 Å². The Morgan fingerprint density at radius 2 is 0.990 bits per heavy atom. The monoisotopic (exact) mass is 1380 g/mol. The molecule has 7 rings (SSSR count). The number of rotatable bonds is 23. The molecule has 2 aliphatic rings. The summed E-state index contributed by atoms with van der Waals surface area (Å²) in [5.74, 6) is -8.67. The van der Waals surface area contributed by atoms with E-state index in [1.807, 2.05) is 10.6 Å². The number of anilines is 9. The van der Waals surface area contributed by atoms with Crippen molar-refractivity contribution in [2.45, 2.75) is 43.2 Å². The quantitative estimate of drug-likeness (QED) is 0.0129. The first-order chi connectivity index (χ1) is 47.2. The number of nitro groups is 1. The van der Waals surface area contributed by atoms with Crippen LogP contribution in [-0.4, -0.2) is 258 Å². The maximum Gasteiger partial charge on any atom is 0.330 e. The first kappa shape index (κ1) is 83.5. The first-order valence-electron chi connectivity index (χ1n) is 28.2. The Morgan fingerprint density at radius 3 is 1.43 bits per heavy atom. The van der Waals surface area contributed by atoms with Gasteiger partial charge in [-0.3, -0.25) is 58.2 Å². The van der Waals surface area contributed by atoms with Crippen molar-refractivity contribution >= 4 is 181 Å². The number of carbonyl (C=O) groups is 13. The molecule has 7 heterocycles. The number of aromatic nitrogens is 5. The molecular formula is C53H62B6N22O19. The van der Waals surface area contributed by atoms with Gasteiger partial charge in [0, 0.05) is 76.3 Å². The summed E-state index contributed by atoms with van der Waals surface area (Å²) in [4.78, 5) is 173. The summed E-state index contributed by atoms with van der Waals surface area (Å²) in [7, 11) is 30.5. The summed E-state index contributed by atoms with van der Waals surface area (Å²) in [5, 5.41) is 66.1. The standard InChI is InChI=1S/C12H13BN4O3.C10H13BN4O3.C9H9BN4O5.C9H11BN4O3.C9H9BN4O2.C4H7BN2O3/c1-7(18)6-17-9-3-2-4-14-10(9)15-5-8(11(17)19)16-12(13)20;1-18-9(16)7(15-10(11)17)5-14-8-6(12)3-2-4-13-8;10-9(17)13-5(8(15)16)4-12-7-6(14(18)19)2-1-3-11-7;10-9(17)14-6(8(15)16)4-13-7-5(11)2-1-3-12-7;10-9(16)14-6-4-12-7-5(13-8(6)15)2-1-3-11-7;5-4(10)7-2(1-6)3(8)9/h2-4,8H,5-6H2,1H3,(H,14,15)(H,16,20);2-4,7H,5,12H2,1H3,(H,13,14)(H,15,17);1-3,5H,4H2,(H,11,12)(H,13,17)(H,15,16);1-3,6H,4,11H2,(H,12,13)(H,14,17)(H,15,16);1-3,6H,4H2,(H,11,12)(H,13,15)(H,14,16);2H,1,6H2,(H,7,10)(H,8,9)/t8-;7-;5-;2*6-;2-/m000000/s1. The lowest BCUT2D eigenvalue weighted by Crippen LogP contribution is -2.51. The number of Topliss-reactive ketones (excluding diaryl/α,β-unsaturated/α-hetero) is 1. The zero-order valence-corrected chi connectivity index (χ0v) is 52.8. The van der Waals surface area contributed by atoms with Gasteiger partial charge in [-0.25, -0.2) is 44.1 Å². The van der Waals surface area contributed by atoms with Gasteiger partial charge in [-0.2, -0.15) is 0 Å². The van der Waals surface area contributed by atoms with Crippen molar-refractivity contribution in [2.24, 2.45) is 5.73 Å². The van der Waals surface area contributed by atoms with Gasteiger partial charge >= 0.3 is 29.6 Å². The number of amides is 8. The third-order valence-electron chi connectivity index (χ3n) is 11.9. The van der Waals surface area contributed by atoms with Gasteiger partial charge in [-0.15, -0.1) is 0 Å². The predicted molar refractivity (Wildman–Crippen MR) is 363 cm³/mol. The number of carbonyl (C=O) groups excluding carboxylic acids is 10.